The van der Waals surface area contributed by atoms with E-state index < -0.39 is 0 Å². The lowest BCUT2D eigenvalue weighted by molar-refractivity contribution is 0.0895. The number of carbonyl (C=O) groups is 1. The van der Waals surface area contributed by atoms with Gasteiger partial charge in [0.05, 0.1) is 25.5 Å². The second-order valence-corrected chi connectivity index (χ2v) is 6.54. The first-order valence-corrected chi connectivity index (χ1v) is 8.50. The molecule has 1 aliphatic carbocycles. The van der Waals surface area contributed by atoms with Gasteiger partial charge < -0.3 is 14.5 Å². The smallest absolute Gasteiger partial charge is 0.287 e. The molecule has 0 bridgehead atoms. The molecule has 1 amide bonds. The van der Waals surface area contributed by atoms with Crippen LogP contribution >= 0.6 is 0 Å². The van der Waals surface area contributed by atoms with Crippen molar-refractivity contribution in [2.24, 2.45) is 0 Å². The second-order valence-electron chi connectivity index (χ2n) is 6.54. The first kappa shape index (κ1) is 15.3. The van der Waals surface area contributed by atoms with Crippen LogP contribution in [0.1, 0.15) is 41.4 Å². The minimum atomic E-state index is -0.143. The highest BCUT2D eigenvalue weighted by Gasteiger charge is 2.43. The zero-order chi connectivity index (χ0) is 16.5. The number of carbonyl (C=O) groups excluding carboxylic acids is 1. The number of hydrogen-bond donors (Lipinski definition) is 1. The third-order valence-electron chi connectivity index (χ3n) is 4.95. The number of likely N-dealkylation sites (tertiary alicyclic amines) is 1. The molecule has 1 aromatic heterocycles. The van der Waals surface area contributed by atoms with Crippen LogP contribution in [0.5, 0.6) is 5.75 Å². The molecule has 1 saturated heterocycles. The van der Waals surface area contributed by atoms with Gasteiger partial charge in [0.15, 0.2) is 5.76 Å². The lowest BCUT2D eigenvalue weighted by Gasteiger charge is -2.29. The lowest BCUT2D eigenvalue weighted by Crippen LogP contribution is -2.40. The third kappa shape index (κ3) is 2.91. The molecule has 1 saturated carbocycles. The van der Waals surface area contributed by atoms with E-state index in [2.05, 4.69) is 22.3 Å². The number of benzene rings is 1. The maximum Gasteiger partial charge on any atom is 0.287 e. The quantitative estimate of drug-likeness (QED) is 0.918. The summed E-state index contributed by atoms with van der Waals surface area (Å²) >= 11 is 0. The van der Waals surface area contributed by atoms with Crippen LogP contribution in [0.4, 0.5) is 0 Å². The van der Waals surface area contributed by atoms with Crippen molar-refractivity contribution >= 4 is 5.91 Å². The molecular formula is C19H22N2O3. The van der Waals surface area contributed by atoms with Crippen molar-refractivity contribution in [1.82, 2.24) is 10.2 Å². The van der Waals surface area contributed by atoms with Crippen LogP contribution in [0.3, 0.4) is 0 Å². The minimum Gasteiger partial charge on any atom is -0.497 e. The van der Waals surface area contributed by atoms with E-state index in [1.807, 2.05) is 12.1 Å². The van der Waals surface area contributed by atoms with Crippen molar-refractivity contribution in [3.05, 3.63) is 54.0 Å². The Morgan fingerprint density at radius 3 is 2.83 bits per heavy atom. The van der Waals surface area contributed by atoms with Gasteiger partial charge in [0.2, 0.25) is 0 Å². The Kier molecular flexibility index (Phi) is 4.02. The summed E-state index contributed by atoms with van der Waals surface area (Å²) < 4.78 is 10.6. The van der Waals surface area contributed by atoms with Gasteiger partial charge >= 0.3 is 0 Å². The van der Waals surface area contributed by atoms with Crippen molar-refractivity contribution in [1.29, 1.82) is 0 Å². The molecule has 0 spiro atoms. The van der Waals surface area contributed by atoms with Crippen LogP contribution in [0.2, 0.25) is 0 Å². The fourth-order valence-corrected chi connectivity index (χ4v) is 3.68. The molecule has 2 heterocycles. The maximum absolute atomic E-state index is 12.4. The first-order chi connectivity index (χ1) is 11.8. The fourth-order valence-electron chi connectivity index (χ4n) is 3.68. The Bertz CT molecular complexity index is 709. The Balaban J connectivity index is 1.59. The van der Waals surface area contributed by atoms with E-state index in [0.29, 0.717) is 11.8 Å². The van der Waals surface area contributed by atoms with E-state index in [1.54, 1.807) is 19.2 Å². The molecule has 126 valence electrons. The van der Waals surface area contributed by atoms with Crippen molar-refractivity contribution in [2.75, 3.05) is 13.7 Å². The summed E-state index contributed by atoms with van der Waals surface area (Å²) in [5.41, 5.74) is 1.20. The number of furan rings is 1. The number of rotatable bonds is 5. The molecule has 5 nitrogen and oxygen atoms in total. The van der Waals surface area contributed by atoms with Gasteiger partial charge in [-0.05, 0) is 49.1 Å². The molecule has 2 aromatic rings. The number of nitrogens with one attached hydrogen (secondary N) is 1. The van der Waals surface area contributed by atoms with Crippen molar-refractivity contribution in [2.45, 2.75) is 37.4 Å². The van der Waals surface area contributed by atoms with Gasteiger partial charge in [0.1, 0.15) is 5.75 Å². The Labute approximate surface area is 141 Å². The van der Waals surface area contributed by atoms with Gasteiger partial charge in [-0.3, -0.25) is 9.69 Å². The highest BCUT2D eigenvalue weighted by molar-refractivity contribution is 5.91. The van der Waals surface area contributed by atoms with E-state index >= 15 is 0 Å². The zero-order valence-corrected chi connectivity index (χ0v) is 13.8. The van der Waals surface area contributed by atoms with Crippen LogP contribution < -0.4 is 10.1 Å². The van der Waals surface area contributed by atoms with Crippen molar-refractivity contribution in [3.63, 3.8) is 0 Å². The van der Waals surface area contributed by atoms with Crippen molar-refractivity contribution < 1.29 is 13.9 Å². The van der Waals surface area contributed by atoms with Gasteiger partial charge in [-0.25, -0.2) is 0 Å². The number of hydrogen-bond acceptors (Lipinski definition) is 4. The third-order valence-corrected chi connectivity index (χ3v) is 4.95. The number of ether oxygens (including phenoxy) is 1. The summed E-state index contributed by atoms with van der Waals surface area (Å²) in [6, 6.07) is 12.5. The number of amides is 1. The maximum atomic E-state index is 12.4. The molecule has 0 radical (unpaired) electrons. The predicted molar refractivity (Wildman–Crippen MR) is 90.0 cm³/mol. The average Bonchev–Trinajstić information content (AvgIpc) is 3.14. The Morgan fingerprint density at radius 2 is 2.12 bits per heavy atom. The van der Waals surface area contributed by atoms with Crippen molar-refractivity contribution in [3.8, 4) is 5.75 Å². The molecule has 2 aliphatic rings. The average molecular weight is 326 g/mol. The largest absolute Gasteiger partial charge is 0.497 e. The molecule has 4 rings (SSSR count). The highest BCUT2D eigenvalue weighted by Crippen LogP contribution is 2.41. The van der Waals surface area contributed by atoms with Crippen LogP contribution in [0.15, 0.2) is 47.1 Å². The molecule has 5 heteroatoms. The number of methoxy groups -OCH3 is 1. The monoisotopic (exact) mass is 326 g/mol. The molecule has 24 heavy (non-hydrogen) atoms. The van der Waals surface area contributed by atoms with Gasteiger partial charge in [-0.2, -0.15) is 0 Å². The minimum absolute atomic E-state index is 0.0790. The highest BCUT2D eigenvalue weighted by atomic mass is 16.5. The van der Waals surface area contributed by atoms with E-state index in [4.69, 9.17) is 9.15 Å². The molecule has 2 unspecified atom stereocenters. The Morgan fingerprint density at radius 1 is 1.25 bits per heavy atom. The standard InChI is InChI=1S/C19H22N2O3/c1-23-15-5-2-4-13(12-15)18-16(9-10-21(18)14-7-8-14)20-19(22)17-6-3-11-24-17/h2-6,11-12,14,16,18H,7-10H2,1H3,(H,20,22). The summed E-state index contributed by atoms with van der Waals surface area (Å²) in [4.78, 5) is 14.9. The van der Waals surface area contributed by atoms with Crippen LogP contribution in [0.25, 0.3) is 0 Å². The molecular weight excluding hydrogens is 304 g/mol. The summed E-state index contributed by atoms with van der Waals surface area (Å²) in [7, 11) is 1.68. The normalized spacial score (nSPS) is 24.0. The van der Waals surface area contributed by atoms with Gasteiger partial charge in [-0.15, -0.1) is 0 Å². The van der Waals surface area contributed by atoms with Gasteiger partial charge in [0.25, 0.3) is 5.91 Å². The zero-order valence-electron chi connectivity index (χ0n) is 13.8. The predicted octanol–water partition coefficient (Wildman–Crippen LogP) is 3.00. The van der Waals surface area contributed by atoms with Crippen LogP contribution in [0, 0.1) is 0 Å². The lowest BCUT2D eigenvalue weighted by atomic mass is 9.99. The van der Waals surface area contributed by atoms with E-state index in [9.17, 15) is 4.79 Å². The second kappa shape index (κ2) is 6.32. The number of nitrogens with zero attached hydrogens (tertiary/aromatic N) is 1. The van der Waals surface area contributed by atoms with Crippen LogP contribution in [-0.2, 0) is 0 Å². The summed E-state index contributed by atoms with van der Waals surface area (Å²) in [5.74, 6) is 1.08. The summed E-state index contributed by atoms with van der Waals surface area (Å²) in [6.45, 7) is 1.01. The molecule has 1 aromatic carbocycles. The van der Waals surface area contributed by atoms with E-state index in [0.717, 1.165) is 18.7 Å². The molecule has 2 atom stereocenters. The van der Waals surface area contributed by atoms with Gasteiger partial charge in [0, 0.05) is 12.6 Å². The Hall–Kier alpha value is -2.27. The molecule has 1 N–H and O–H groups in total. The molecule has 1 aliphatic heterocycles. The first-order valence-electron chi connectivity index (χ1n) is 8.50. The topological polar surface area (TPSA) is 54.7 Å². The molecule has 2 fully saturated rings. The van der Waals surface area contributed by atoms with Gasteiger partial charge in [-0.1, -0.05) is 12.1 Å². The SMILES string of the molecule is COc1cccc(C2C(NC(=O)c3ccco3)CCN2C2CC2)c1. The summed E-state index contributed by atoms with van der Waals surface area (Å²) in [5, 5.41) is 3.16. The fraction of sp³-hybridized carbons (Fsp3) is 0.421. The van der Waals surface area contributed by atoms with E-state index in [-0.39, 0.29) is 18.0 Å². The van der Waals surface area contributed by atoms with Crippen LogP contribution in [-0.4, -0.2) is 36.5 Å². The summed E-state index contributed by atoms with van der Waals surface area (Å²) in [6.07, 6.45) is 4.98. The van der Waals surface area contributed by atoms with E-state index in [1.165, 1.54) is 24.7 Å².